The quantitative estimate of drug-likeness (QED) is 0.0238. The van der Waals surface area contributed by atoms with E-state index >= 15 is 0 Å². The lowest BCUT2D eigenvalue weighted by Gasteiger charge is -2.40. The molecule has 0 aliphatic rings. The van der Waals surface area contributed by atoms with Gasteiger partial charge in [-0.3, -0.25) is 19.1 Å². The monoisotopic (exact) mass is 860 g/mol. The summed E-state index contributed by atoms with van der Waals surface area (Å²) in [6.07, 6.45) is -0.151. The Kier molecular flexibility index (Phi) is 18.4. The highest BCUT2D eigenvalue weighted by Gasteiger charge is 2.51. The van der Waals surface area contributed by atoms with Gasteiger partial charge in [-0.1, -0.05) is 43.3 Å². The van der Waals surface area contributed by atoms with Crippen molar-refractivity contribution in [1.29, 1.82) is 0 Å². The van der Waals surface area contributed by atoms with E-state index in [9.17, 15) is 14.4 Å². The molecule has 13 nitrogen and oxygen atoms in total. The predicted octanol–water partition coefficient (Wildman–Crippen LogP) is 8.37. The fraction of sp³-hybridized carbons (Fsp3) is 0.426. The summed E-state index contributed by atoms with van der Waals surface area (Å²) < 4.78 is 49.1. The number of ether oxygens (including phenoxy) is 7. The highest BCUT2D eigenvalue weighted by molar-refractivity contribution is 7.49. The van der Waals surface area contributed by atoms with Gasteiger partial charge in [0.1, 0.15) is 43.2 Å². The van der Waals surface area contributed by atoms with E-state index in [1.54, 1.807) is 66.6 Å². The van der Waals surface area contributed by atoms with Gasteiger partial charge in [-0.2, -0.15) is 0 Å². The van der Waals surface area contributed by atoms with Crippen molar-refractivity contribution in [3.05, 3.63) is 119 Å². The smallest absolute Gasteiger partial charge is 0.326 e. The fourth-order valence-corrected chi connectivity index (χ4v) is 8.92. The molecule has 0 aliphatic heterocycles. The van der Waals surface area contributed by atoms with Gasteiger partial charge in [-0.15, -0.1) is 0 Å². The number of nitrogens with zero attached hydrogens (tertiary/aromatic N) is 1. The van der Waals surface area contributed by atoms with Gasteiger partial charge in [0.05, 0.1) is 48.3 Å². The van der Waals surface area contributed by atoms with E-state index in [2.05, 4.69) is 9.99 Å². The first-order valence-electron chi connectivity index (χ1n) is 20.4. The van der Waals surface area contributed by atoms with E-state index in [1.807, 2.05) is 100 Å². The lowest BCUT2D eigenvalue weighted by Crippen LogP contribution is -2.48. The number of hydrogen-bond donors (Lipinski definition) is 1. The molecule has 0 heterocycles. The SMILES string of the molecule is CCOC(=O)C(CC)(COC(c1ccc(OC)cc1)(c1ccc(OC)cc1)c1ccc(OC)cc1)C(=O)OCP(OCCNC(=O)c1ccc(OC)cc1)N(C(C)C)C(C)C. The van der Waals surface area contributed by atoms with E-state index in [1.165, 1.54) is 0 Å². The van der Waals surface area contributed by atoms with Crippen LogP contribution in [0.1, 0.15) is 75.0 Å². The Hall–Kier alpha value is -5.20. The van der Waals surface area contributed by atoms with E-state index < -0.39 is 37.9 Å². The third kappa shape index (κ3) is 11.8. The van der Waals surface area contributed by atoms with E-state index in [0.29, 0.717) is 45.3 Å². The van der Waals surface area contributed by atoms with Gasteiger partial charge >= 0.3 is 11.9 Å². The molecule has 2 atom stereocenters. The molecule has 0 fully saturated rings. The Morgan fingerprint density at radius 3 is 1.41 bits per heavy atom. The molecular formula is C47H61N2O11P. The summed E-state index contributed by atoms with van der Waals surface area (Å²) in [5.74, 6) is 0.712. The van der Waals surface area contributed by atoms with Gasteiger partial charge in [0.25, 0.3) is 5.91 Å². The highest BCUT2D eigenvalue weighted by atomic mass is 31.2. The summed E-state index contributed by atoms with van der Waals surface area (Å²) in [6.45, 7) is 11.5. The molecule has 0 aliphatic carbocycles. The van der Waals surface area contributed by atoms with Crippen LogP contribution in [-0.4, -0.2) is 95.8 Å². The molecule has 4 aromatic rings. The van der Waals surface area contributed by atoms with Crippen molar-refractivity contribution >= 4 is 26.1 Å². The topological polar surface area (TPSA) is 140 Å². The third-order valence-corrected chi connectivity index (χ3v) is 12.6. The van der Waals surface area contributed by atoms with Crippen LogP contribution in [0.4, 0.5) is 0 Å². The van der Waals surface area contributed by atoms with Crippen molar-refractivity contribution in [1.82, 2.24) is 9.99 Å². The van der Waals surface area contributed by atoms with Gasteiger partial charge in [0.15, 0.2) is 5.41 Å². The predicted molar refractivity (Wildman–Crippen MR) is 235 cm³/mol. The molecule has 61 heavy (non-hydrogen) atoms. The van der Waals surface area contributed by atoms with Gasteiger partial charge in [0, 0.05) is 24.2 Å². The van der Waals surface area contributed by atoms with E-state index in [-0.39, 0.29) is 50.5 Å². The van der Waals surface area contributed by atoms with E-state index in [0.717, 1.165) is 0 Å². The molecule has 4 aromatic carbocycles. The Labute approximate surface area is 361 Å². The minimum Gasteiger partial charge on any atom is -0.497 e. The minimum absolute atomic E-state index is 0.00281. The highest BCUT2D eigenvalue weighted by Crippen LogP contribution is 2.47. The van der Waals surface area contributed by atoms with E-state index in [4.69, 9.17) is 37.7 Å². The van der Waals surface area contributed by atoms with Crippen LogP contribution < -0.4 is 24.3 Å². The maximum Gasteiger partial charge on any atom is 0.326 e. The summed E-state index contributed by atoms with van der Waals surface area (Å²) in [5.41, 5.74) is -0.685. The second kappa shape index (κ2) is 23.1. The number of carbonyl (C=O) groups excluding carboxylic acids is 3. The first-order chi connectivity index (χ1) is 29.3. The zero-order valence-electron chi connectivity index (χ0n) is 37.0. The van der Waals surface area contributed by atoms with Crippen LogP contribution in [0.25, 0.3) is 0 Å². The van der Waals surface area contributed by atoms with Crippen molar-refractivity contribution in [2.45, 2.75) is 65.6 Å². The summed E-state index contributed by atoms with van der Waals surface area (Å²) in [4.78, 5) is 41.7. The largest absolute Gasteiger partial charge is 0.497 e. The number of carbonyl (C=O) groups is 3. The minimum atomic E-state index is -1.89. The summed E-state index contributed by atoms with van der Waals surface area (Å²) in [5, 5.41) is 2.89. The van der Waals surface area contributed by atoms with Crippen LogP contribution in [0.15, 0.2) is 97.1 Å². The molecule has 0 aromatic heterocycles. The number of nitrogens with one attached hydrogen (secondary N) is 1. The van der Waals surface area contributed by atoms with Crippen LogP contribution in [0, 0.1) is 5.41 Å². The second-order valence-corrected chi connectivity index (χ2v) is 16.3. The van der Waals surface area contributed by atoms with Gasteiger partial charge in [-0.25, -0.2) is 0 Å². The Morgan fingerprint density at radius 1 is 0.623 bits per heavy atom. The van der Waals surface area contributed by atoms with Crippen molar-refractivity contribution in [2.24, 2.45) is 5.41 Å². The molecular weight excluding hydrogens is 799 g/mol. The fourth-order valence-electron chi connectivity index (χ4n) is 7.01. The number of hydrogen-bond acceptors (Lipinski definition) is 12. The Bertz CT molecular complexity index is 1850. The summed E-state index contributed by atoms with van der Waals surface area (Å²) >= 11 is 0. The summed E-state index contributed by atoms with van der Waals surface area (Å²) in [6, 6.07) is 29.1. The Morgan fingerprint density at radius 2 is 1.03 bits per heavy atom. The molecule has 0 bridgehead atoms. The number of rotatable bonds is 24. The van der Waals surface area contributed by atoms with Gasteiger partial charge < -0.3 is 43.0 Å². The average Bonchev–Trinajstić information content (AvgIpc) is 3.28. The lowest BCUT2D eigenvalue weighted by molar-refractivity contribution is -0.180. The van der Waals surface area contributed by atoms with Crippen LogP contribution in [-0.2, 0) is 33.9 Å². The maximum absolute atomic E-state index is 14.7. The zero-order valence-corrected chi connectivity index (χ0v) is 37.9. The molecule has 330 valence electrons. The van der Waals surface area contributed by atoms with Crippen LogP contribution in [0.2, 0.25) is 0 Å². The molecule has 0 spiro atoms. The number of benzene rings is 4. The Balaban J connectivity index is 1.70. The zero-order chi connectivity index (χ0) is 44.6. The van der Waals surface area contributed by atoms with Crippen molar-refractivity contribution in [3.63, 3.8) is 0 Å². The normalized spacial score (nSPS) is 13.0. The van der Waals surface area contributed by atoms with Crippen molar-refractivity contribution < 1.29 is 52.1 Å². The molecule has 4 rings (SSSR count). The molecule has 0 saturated heterocycles. The standard InChI is InChI=1S/C47H61N2O11P/c1-11-46(44(51)57-12-2,45(52)58-32-61(49(33(3)4)34(5)6)60-30-29-48-43(50)35-13-21-39(53-7)22-14-35)31-59-47(36-15-23-40(54-8)24-16-36,37-17-25-41(55-9)26-18-37)38-19-27-42(56-10)28-20-38/h13-28,33-34H,11-12,29-32H2,1-10H3,(H,48,50). The number of amides is 1. The molecule has 0 radical (unpaired) electrons. The van der Waals surface area contributed by atoms with Crippen LogP contribution in [0.3, 0.4) is 0 Å². The van der Waals surface area contributed by atoms with Crippen molar-refractivity contribution in [2.75, 3.05) is 61.2 Å². The molecule has 1 amide bonds. The number of methoxy groups -OCH3 is 4. The lowest BCUT2D eigenvalue weighted by atomic mass is 9.79. The second-order valence-electron chi connectivity index (χ2n) is 14.6. The van der Waals surface area contributed by atoms with Gasteiger partial charge in [-0.05, 0) is 118 Å². The van der Waals surface area contributed by atoms with Gasteiger partial charge in [0.2, 0.25) is 0 Å². The van der Waals surface area contributed by atoms with Crippen LogP contribution >= 0.6 is 8.30 Å². The first kappa shape index (κ1) is 48.5. The molecule has 1 N–H and O–H groups in total. The first-order valence-corrected chi connectivity index (χ1v) is 21.8. The van der Waals surface area contributed by atoms with Crippen molar-refractivity contribution in [3.8, 4) is 23.0 Å². The molecule has 2 unspecified atom stereocenters. The number of esters is 2. The average molecular weight is 861 g/mol. The third-order valence-electron chi connectivity index (χ3n) is 10.3. The summed E-state index contributed by atoms with van der Waals surface area (Å²) in [7, 11) is 4.77. The van der Waals surface area contributed by atoms with Crippen LogP contribution in [0.5, 0.6) is 23.0 Å². The molecule has 0 saturated carbocycles. The maximum atomic E-state index is 14.7. The molecule has 14 heteroatoms.